The Morgan fingerprint density at radius 3 is 2.88 bits per heavy atom. The number of thiazole rings is 1. The molecule has 0 aliphatic carbocycles. The van der Waals surface area contributed by atoms with E-state index in [1.807, 2.05) is 11.3 Å². The third-order valence-electron chi connectivity index (χ3n) is 5.07. The fourth-order valence-corrected chi connectivity index (χ4v) is 4.62. The summed E-state index contributed by atoms with van der Waals surface area (Å²) in [4.78, 5) is 7.31. The van der Waals surface area contributed by atoms with Gasteiger partial charge in [-0.15, -0.1) is 33.9 Å². The number of hydrogen-bond acceptors (Lipinski definition) is 6. The van der Waals surface area contributed by atoms with E-state index >= 15 is 0 Å². The molecule has 4 rings (SSSR count). The van der Waals surface area contributed by atoms with Crippen molar-refractivity contribution in [2.24, 2.45) is 0 Å². The van der Waals surface area contributed by atoms with Crippen LogP contribution < -0.4 is 5.32 Å². The minimum atomic E-state index is 0. The first kappa shape index (κ1) is 18.8. The lowest BCUT2D eigenvalue weighted by Gasteiger charge is -2.31. The Labute approximate surface area is 159 Å². The molecule has 2 aliphatic heterocycles. The van der Waals surface area contributed by atoms with E-state index in [4.69, 9.17) is 4.98 Å². The summed E-state index contributed by atoms with van der Waals surface area (Å²) in [6.45, 7) is 8.38. The molecule has 0 spiro atoms. The largest absolute Gasteiger partial charge is 0.312 e. The van der Waals surface area contributed by atoms with Gasteiger partial charge in [-0.25, -0.2) is 4.98 Å². The molecular weight excluding hydrogens is 356 g/mol. The second-order valence-corrected chi connectivity index (χ2v) is 7.78. The van der Waals surface area contributed by atoms with Crippen molar-refractivity contribution < 1.29 is 0 Å². The van der Waals surface area contributed by atoms with Gasteiger partial charge >= 0.3 is 0 Å². The van der Waals surface area contributed by atoms with Crippen LogP contribution in [0.1, 0.15) is 54.5 Å². The van der Waals surface area contributed by atoms with Crippen LogP contribution in [-0.4, -0.2) is 44.3 Å². The molecule has 1 N–H and O–H groups in total. The lowest BCUT2D eigenvalue weighted by Crippen LogP contribution is -2.34. The van der Waals surface area contributed by atoms with Crippen molar-refractivity contribution in [3.05, 3.63) is 27.7 Å². The molecule has 0 bridgehead atoms. The number of rotatable bonds is 5. The van der Waals surface area contributed by atoms with Crippen molar-refractivity contribution in [2.45, 2.75) is 58.2 Å². The zero-order valence-electron chi connectivity index (χ0n) is 14.8. The number of fused-ring (bicyclic) bond motifs is 1. The highest BCUT2D eigenvalue weighted by molar-refractivity contribution is 7.09. The SMILES string of the molecule is CCCc1csc(CN2CCC(c3nnc4n3CCNC4)CC2)n1.Cl. The molecule has 2 aromatic heterocycles. The zero-order valence-corrected chi connectivity index (χ0v) is 16.4. The van der Waals surface area contributed by atoms with E-state index in [1.54, 1.807) is 0 Å². The Balaban J connectivity index is 0.00000182. The van der Waals surface area contributed by atoms with Gasteiger partial charge < -0.3 is 9.88 Å². The summed E-state index contributed by atoms with van der Waals surface area (Å²) in [5.41, 5.74) is 1.26. The molecule has 4 heterocycles. The van der Waals surface area contributed by atoms with Crippen LogP contribution in [0.3, 0.4) is 0 Å². The summed E-state index contributed by atoms with van der Waals surface area (Å²) in [6.07, 6.45) is 4.63. The molecule has 8 heteroatoms. The van der Waals surface area contributed by atoms with Crippen LogP contribution in [0.2, 0.25) is 0 Å². The first-order valence-electron chi connectivity index (χ1n) is 9.12. The molecule has 0 atom stereocenters. The first-order chi connectivity index (χ1) is 11.8. The zero-order chi connectivity index (χ0) is 16.4. The maximum Gasteiger partial charge on any atom is 0.147 e. The van der Waals surface area contributed by atoms with Crippen LogP contribution in [0.15, 0.2) is 5.38 Å². The van der Waals surface area contributed by atoms with Crippen molar-refractivity contribution in [1.29, 1.82) is 0 Å². The van der Waals surface area contributed by atoms with E-state index in [0.717, 1.165) is 51.5 Å². The van der Waals surface area contributed by atoms with E-state index in [-0.39, 0.29) is 12.4 Å². The Hall–Kier alpha value is -1.02. The van der Waals surface area contributed by atoms with Gasteiger partial charge in [0, 0.05) is 24.4 Å². The smallest absolute Gasteiger partial charge is 0.147 e. The molecular formula is C17H27ClN6S. The Bertz CT molecular complexity index is 676. The maximum atomic E-state index is 4.76. The van der Waals surface area contributed by atoms with Gasteiger partial charge in [0.1, 0.15) is 16.7 Å². The van der Waals surface area contributed by atoms with Gasteiger partial charge in [-0.1, -0.05) is 13.3 Å². The average Bonchev–Trinajstić information content (AvgIpc) is 3.23. The lowest BCUT2D eigenvalue weighted by atomic mass is 9.96. The molecule has 1 saturated heterocycles. The van der Waals surface area contributed by atoms with E-state index < -0.39 is 0 Å². The van der Waals surface area contributed by atoms with Crippen molar-refractivity contribution in [2.75, 3.05) is 19.6 Å². The Kier molecular flexibility index (Phi) is 6.44. The molecule has 6 nitrogen and oxygen atoms in total. The summed E-state index contributed by atoms with van der Waals surface area (Å²) < 4.78 is 2.34. The first-order valence-corrected chi connectivity index (χ1v) is 9.99. The van der Waals surface area contributed by atoms with Gasteiger partial charge in [0.15, 0.2) is 0 Å². The number of nitrogens with zero attached hydrogens (tertiary/aromatic N) is 5. The minimum absolute atomic E-state index is 0. The topological polar surface area (TPSA) is 58.9 Å². The van der Waals surface area contributed by atoms with Gasteiger partial charge in [0.05, 0.1) is 18.8 Å². The quantitative estimate of drug-likeness (QED) is 0.861. The summed E-state index contributed by atoms with van der Waals surface area (Å²) in [7, 11) is 0. The fraction of sp³-hybridized carbons (Fsp3) is 0.706. The van der Waals surface area contributed by atoms with Crippen LogP contribution in [0.25, 0.3) is 0 Å². The molecule has 138 valence electrons. The third kappa shape index (κ3) is 4.22. The van der Waals surface area contributed by atoms with E-state index in [0.29, 0.717) is 5.92 Å². The van der Waals surface area contributed by atoms with Crippen molar-refractivity contribution in [1.82, 2.24) is 30.0 Å². The van der Waals surface area contributed by atoms with Crippen molar-refractivity contribution in [3.63, 3.8) is 0 Å². The van der Waals surface area contributed by atoms with E-state index in [9.17, 15) is 0 Å². The summed E-state index contributed by atoms with van der Waals surface area (Å²) in [5.74, 6) is 2.88. The highest BCUT2D eigenvalue weighted by Crippen LogP contribution is 2.28. The van der Waals surface area contributed by atoms with Crippen LogP contribution >= 0.6 is 23.7 Å². The number of halogens is 1. The van der Waals surface area contributed by atoms with E-state index in [1.165, 1.54) is 35.8 Å². The lowest BCUT2D eigenvalue weighted by molar-refractivity contribution is 0.199. The minimum Gasteiger partial charge on any atom is -0.312 e. The van der Waals surface area contributed by atoms with Gasteiger partial charge in [0.2, 0.25) is 0 Å². The standard InChI is InChI=1S/C17H26N6S.ClH/c1-2-3-14-12-24-16(19-14)11-22-7-4-13(5-8-22)17-21-20-15-10-18-6-9-23(15)17;/h12-13,18H,2-11H2,1H3;1H. The summed E-state index contributed by atoms with van der Waals surface area (Å²) in [5, 5.41) is 15.7. The van der Waals surface area contributed by atoms with Gasteiger partial charge in [-0.2, -0.15) is 0 Å². The fourth-order valence-electron chi connectivity index (χ4n) is 3.75. The normalized spacial score (nSPS) is 18.8. The monoisotopic (exact) mass is 382 g/mol. The molecule has 2 aliphatic rings. The number of aryl methyl sites for hydroxylation is 1. The molecule has 0 radical (unpaired) electrons. The number of likely N-dealkylation sites (tertiary alicyclic amines) is 1. The number of piperidine rings is 1. The van der Waals surface area contributed by atoms with Crippen LogP contribution in [-0.2, 0) is 26.1 Å². The highest BCUT2D eigenvalue weighted by atomic mass is 35.5. The Morgan fingerprint density at radius 1 is 1.24 bits per heavy atom. The number of nitrogens with one attached hydrogen (secondary N) is 1. The molecule has 2 aromatic rings. The second-order valence-electron chi connectivity index (χ2n) is 6.84. The van der Waals surface area contributed by atoms with Gasteiger partial charge in [-0.05, 0) is 32.4 Å². The van der Waals surface area contributed by atoms with E-state index in [2.05, 4.69) is 37.3 Å². The predicted octanol–water partition coefficient (Wildman–Crippen LogP) is 2.59. The highest BCUT2D eigenvalue weighted by Gasteiger charge is 2.27. The number of aromatic nitrogens is 4. The maximum absolute atomic E-state index is 4.76. The molecule has 25 heavy (non-hydrogen) atoms. The van der Waals surface area contributed by atoms with Crippen LogP contribution in [0.5, 0.6) is 0 Å². The summed E-state index contributed by atoms with van der Waals surface area (Å²) in [6, 6.07) is 0. The Morgan fingerprint density at radius 2 is 2.08 bits per heavy atom. The average molecular weight is 383 g/mol. The molecule has 0 amide bonds. The van der Waals surface area contributed by atoms with Crippen molar-refractivity contribution >= 4 is 23.7 Å². The number of hydrogen-bond donors (Lipinski definition) is 1. The molecule has 0 aromatic carbocycles. The molecule has 0 saturated carbocycles. The van der Waals surface area contributed by atoms with Gasteiger partial charge in [-0.3, -0.25) is 4.90 Å². The van der Waals surface area contributed by atoms with Crippen LogP contribution in [0, 0.1) is 0 Å². The van der Waals surface area contributed by atoms with Gasteiger partial charge in [0.25, 0.3) is 0 Å². The molecule has 0 unspecified atom stereocenters. The third-order valence-corrected chi connectivity index (χ3v) is 5.95. The molecule has 1 fully saturated rings. The summed E-state index contributed by atoms with van der Waals surface area (Å²) >= 11 is 1.81. The van der Waals surface area contributed by atoms with Crippen molar-refractivity contribution in [3.8, 4) is 0 Å². The van der Waals surface area contributed by atoms with Crippen LogP contribution in [0.4, 0.5) is 0 Å². The predicted molar refractivity (Wildman–Crippen MR) is 102 cm³/mol. The second kappa shape index (κ2) is 8.58.